The minimum atomic E-state index is 0.125. The highest BCUT2D eigenvalue weighted by atomic mass is 16.5. The maximum atomic E-state index is 11.7. The van der Waals surface area contributed by atoms with Crippen molar-refractivity contribution in [3.63, 3.8) is 0 Å². The van der Waals surface area contributed by atoms with Crippen LogP contribution in [0.25, 0.3) is 0 Å². The molecule has 1 rings (SSSR count). The predicted molar refractivity (Wildman–Crippen MR) is 77.2 cm³/mol. The molecule has 0 radical (unpaired) electrons. The molecule has 112 valence electrons. The molecular weight excluding hydrogens is 242 g/mol. The molecule has 0 aromatic rings. The van der Waals surface area contributed by atoms with Gasteiger partial charge < -0.3 is 20.3 Å². The molecule has 5 heteroatoms. The van der Waals surface area contributed by atoms with E-state index >= 15 is 0 Å². The molecule has 19 heavy (non-hydrogen) atoms. The minimum absolute atomic E-state index is 0.125. The number of morpholine rings is 1. The van der Waals surface area contributed by atoms with Crippen molar-refractivity contribution in [1.29, 1.82) is 0 Å². The first-order valence-corrected chi connectivity index (χ1v) is 7.37. The highest BCUT2D eigenvalue weighted by Crippen LogP contribution is 1.99. The standard InChI is InChI=1S/C14H29N3O2/c1-12(2)17(3)8-5-4-6-16-14(18)10-13-11-19-9-7-15-13/h12-13,15H,4-11H2,1-3H3,(H,16,18). The van der Waals surface area contributed by atoms with E-state index in [1.54, 1.807) is 0 Å². The van der Waals surface area contributed by atoms with Crippen LogP contribution in [-0.2, 0) is 9.53 Å². The minimum Gasteiger partial charge on any atom is -0.378 e. The van der Waals surface area contributed by atoms with Gasteiger partial charge in [-0.3, -0.25) is 4.79 Å². The van der Waals surface area contributed by atoms with Crippen LogP contribution in [-0.4, -0.2) is 62.8 Å². The third-order valence-corrected chi connectivity index (χ3v) is 3.57. The smallest absolute Gasteiger partial charge is 0.221 e. The summed E-state index contributed by atoms with van der Waals surface area (Å²) in [5.74, 6) is 0.125. The van der Waals surface area contributed by atoms with Crippen molar-refractivity contribution in [3.8, 4) is 0 Å². The molecule has 1 atom stereocenters. The average molecular weight is 271 g/mol. The summed E-state index contributed by atoms with van der Waals surface area (Å²) in [7, 11) is 2.14. The number of unbranched alkanes of at least 4 members (excludes halogenated alkanes) is 1. The summed E-state index contributed by atoms with van der Waals surface area (Å²) in [6.07, 6.45) is 2.68. The zero-order valence-electron chi connectivity index (χ0n) is 12.6. The molecule has 1 amide bonds. The highest BCUT2D eigenvalue weighted by Gasteiger charge is 2.16. The largest absolute Gasteiger partial charge is 0.378 e. The van der Waals surface area contributed by atoms with Gasteiger partial charge in [-0.2, -0.15) is 0 Å². The Labute approximate surface area is 117 Å². The average Bonchev–Trinajstić information content (AvgIpc) is 2.39. The van der Waals surface area contributed by atoms with Crippen LogP contribution in [0, 0.1) is 0 Å². The van der Waals surface area contributed by atoms with Crippen LogP contribution < -0.4 is 10.6 Å². The quantitative estimate of drug-likeness (QED) is 0.635. The molecule has 0 spiro atoms. The van der Waals surface area contributed by atoms with Crippen molar-refractivity contribution in [2.75, 3.05) is 39.9 Å². The molecule has 0 saturated carbocycles. The topological polar surface area (TPSA) is 53.6 Å². The van der Waals surface area contributed by atoms with Crippen molar-refractivity contribution < 1.29 is 9.53 Å². The van der Waals surface area contributed by atoms with Crippen LogP contribution in [0.3, 0.4) is 0 Å². The first-order valence-electron chi connectivity index (χ1n) is 7.37. The molecule has 1 fully saturated rings. The number of rotatable bonds is 8. The monoisotopic (exact) mass is 271 g/mol. The van der Waals surface area contributed by atoms with Crippen LogP contribution in [0.15, 0.2) is 0 Å². The lowest BCUT2D eigenvalue weighted by molar-refractivity contribution is -0.122. The second kappa shape index (κ2) is 9.28. The zero-order chi connectivity index (χ0) is 14.1. The van der Waals surface area contributed by atoms with Gasteiger partial charge in [0.2, 0.25) is 5.91 Å². The van der Waals surface area contributed by atoms with Crippen LogP contribution >= 0.6 is 0 Å². The van der Waals surface area contributed by atoms with Crippen molar-refractivity contribution in [3.05, 3.63) is 0 Å². The van der Waals surface area contributed by atoms with Gasteiger partial charge in [0.1, 0.15) is 0 Å². The number of nitrogens with zero attached hydrogens (tertiary/aromatic N) is 1. The molecule has 1 heterocycles. The Balaban J connectivity index is 1.98. The second-order valence-corrected chi connectivity index (χ2v) is 5.56. The van der Waals surface area contributed by atoms with Crippen LogP contribution in [0.5, 0.6) is 0 Å². The Morgan fingerprint density at radius 3 is 2.89 bits per heavy atom. The van der Waals surface area contributed by atoms with Gasteiger partial charge in [-0.15, -0.1) is 0 Å². The molecule has 5 nitrogen and oxygen atoms in total. The predicted octanol–water partition coefficient (Wildman–Crippen LogP) is 0.602. The normalized spacial score (nSPS) is 19.9. The molecule has 1 saturated heterocycles. The third-order valence-electron chi connectivity index (χ3n) is 3.57. The van der Waals surface area contributed by atoms with E-state index in [-0.39, 0.29) is 11.9 Å². The molecule has 1 unspecified atom stereocenters. The van der Waals surface area contributed by atoms with Crippen molar-refractivity contribution >= 4 is 5.91 Å². The van der Waals surface area contributed by atoms with Crippen LogP contribution in [0.1, 0.15) is 33.1 Å². The van der Waals surface area contributed by atoms with Crippen molar-refractivity contribution in [1.82, 2.24) is 15.5 Å². The summed E-state index contributed by atoms with van der Waals surface area (Å²) in [5.41, 5.74) is 0. The zero-order valence-corrected chi connectivity index (χ0v) is 12.6. The maximum Gasteiger partial charge on any atom is 0.221 e. The third kappa shape index (κ3) is 7.50. The molecule has 0 aromatic heterocycles. The summed E-state index contributed by atoms with van der Waals surface area (Å²) in [5, 5.41) is 6.27. The van der Waals surface area contributed by atoms with E-state index in [9.17, 15) is 4.79 Å². The Morgan fingerprint density at radius 2 is 2.26 bits per heavy atom. The lowest BCUT2D eigenvalue weighted by Gasteiger charge is -2.23. The first kappa shape index (κ1) is 16.4. The number of carbonyl (C=O) groups excluding carboxylic acids is 1. The van der Waals surface area contributed by atoms with Gasteiger partial charge in [-0.1, -0.05) is 0 Å². The Morgan fingerprint density at radius 1 is 1.47 bits per heavy atom. The number of carbonyl (C=O) groups is 1. The first-order chi connectivity index (χ1) is 9.09. The lowest BCUT2D eigenvalue weighted by atomic mass is 10.2. The fourth-order valence-electron chi connectivity index (χ4n) is 2.02. The summed E-state index contributed by atoms with van der Waals surface area (Å²) in [6.45, 7) is 8.50. The van der Waals surface area contributed by atoms with E-state index in [2.05, 4.69) is 36.4 Å². The summed E-state index contributed by atoms with van der Waals surface area (Å²) < 4.78 is 5.33. The van der Waals surface area contributed by atoms with E-state index in [4.69, 9.17) is 4.74 Å². The van der Waals surface area contributed by atoms with Gasteiger partial charge in [0.05, 0.1) is 13.2 Å². The Kier molecular flexibility index (Phi) is 8.02. The molecule has 0 aromatic carbocycles. The SMILES string of the molecule is CC(C)N(C)CCCCNC(=O)CC1COCCN1. The molecule has 0 aliphatic carbocycles. The Hall–Kier alpha value is -0.650. The van der Waals surface area contributed by atoms with Crippen molar-refractivity contribution in [2.24, 2.45) is 0 Å². The van der Waals surface area contributed by atoms with E-state index in [1.807, 2.05) is 0 Å². The molecular formula is C14H29N3O2. The van der Waals surface area contributed by atoms with Gasteiger partial charge in [0, 0.05) is 31.6 Å². The number of hydrogen-bond acceptors (Lipinski definition) is 4. The highest BCUT2D eigenvalue weighted by molar-refractivity contribution is 5.76. The lowest BCUT2D eigenvalue weighted by Crippen LogP contribution is -2.44. The number of hydrogen-bond donors (Lipinski definition) is 2. The summed E-state index contributed by atoms with van der Waals surface area (Å²) in [6, 6.07) is 0.771. The van der Waals surface area contributed by atoms with E-state index < -0.39 is 0 Å². The van der Waals surface area contributed by atoms with Crippen LogP contribution in [0.2, 0.25) is 0 Å². The molecule has 0 bridgehead atoms. The molecule has 1 aliphatic rings. The molecule has 1 aliphatic heterocycles. The summed E-state index contributed by atoms with van der Waals surface area (Å²) >= 11 is 0. The Bertz CT molecular complexity index is 253. The van der Waals surface area contributed by atoms with Gasteiger partial charge >= 0.3 is 0 Å². The van der Waals surface area contributed by atoms with Gasteiger partial charge in [-0.25, -0.2) is 0 Å². The van der Waals surface area contributed by atoms with Gasteiger partial charge in [0.15, 0.2) is 0 Å². The maximum absolute atomic E-state index is 11.7. The number of nitrogens with one attached hydrogen (secondary N) is 2. The van der Waals surface area contributed by atoms with Crippen LogP contribution in [0.4, 0.5) is 0 Å². The second-order valence-electron chi connectivity index (χ2n) is 5.56. The fourth-order valence-corrected chi connectivity index (χ4v) is 2.02. The van der Waals surface area contributed by atoms with Gasteiger partial charge in [0.25, 0.3) is 0 Å². The van der Waals surface area contributed by atoms with Gasteiger partial charge in [-0.05, 0) is 40.3 Å². The van der Waals surface area contributed by atoms with E-state index in [1.165, 1.54) is 0 Å². The van der Waals surface area contributed by atoms with E-state index in [0.717, 1.165) is 39.1 Å². The molecule has 2 N–H and O–H groups in total. The number of ether oxygens (including phenoxy) is 1. The van der Waals surface area contributed by atoms with Crippen molar-refractivity contribution in [2.45, 2.75) is 45.2 Å². The fraction of sp³-hybridized carbons (Fsp3) is 0.929. The van der Waals surface area contributed by atoms with E-state index in [0.29, 0.717) is 19.1 Å². The number of amides is 1. The summed E-state index contributed by atoms with van der Waals surface area (Å²) in [4.78, 5) is 14.0.